The first-order chi connectivity index (χ1) is 7.58. The zero-order chi connectivity index (χ0) is 11.7. The Hall–Kier alpha value is -1.51. The number of hydrogen-bond acceptors (Lipinski definition) is 2. The summed E-state index contributed by atoms with van der Waals surface area (Å²) in [5.74, 6) is 1.56. The highest BCUT2D eigenvalue weighted by atomic mass is 16.2. The van der Waals surface area contributed by atoms with Crippen molar-refractivity contribution in [2.24, 2.45) is 11.8 Å². The zero-order valence-electron chi connectivity index (χ0n) is 9.81. The summed E-state index contributed by atoms with van der Waals surface area (Å²) in [6.07, 6.45) is 1.25. The van der Waals surface area contributed by atoms with Gasteiger partial charge < -0.3 is 10.6 Å². The molecule has 1 aromatic carbocycles. The lowest BCUT2D eigenvalue weighted by Crippen LogP contribution is -2.29. The van der Waals surface area contributed by atoms with Crippen LogP contribution in [-0.4, -0.2) is 24.4 Å². The number of hydrogen-bond donors (Lipinski definition) is 1. The average Bonchev–Trinajstić information content (AvgIpc) is 2.94. The maximum absolute atomic E-state index is 12.0. The van der Waals surface area contributed by atoms with Crippen LogP contribution < -0.4 is 5.73 Å². The molecule has 0 aliphatic heterocycles. The number of anilines is 1. The quantitative estimate of drug-likeness (QED) is 0.789. The van der Waals surface area contributed by atoms with Crippen molar-refractivity contribution in [3.63, 3.8) is 0 Å². The maximum Gasteiger partial charge on any atom is 0.253 e. The summed E-state index contributed by atoms with van der Waals surface area (Å²) in [6.45, 7) is 3.09. The Bertz CT molecular complexity index is 385. The fourth-order valence-electron chi connectivity index (χ4n) is 1.93. The van der Waals surface area contributed by atoms with E-state index < -0.39 is 0 Å². The molecule has 2 atom stereocenters. The molecule has 86 valence electrons. The van der Waals surface area contributed by atoms with E-state index >= 15 is 0 Å². The van der Waals surface area contributed by atoms with E-state index in [9.17, 15) is 4.79 Å². The molecule has 0 saturated heterocycles. The summed E-state index contributed by atoms with van der Waals surface area (Å²) in [5, 5.41) is 0. The first kappa shape index (κ1) is 11.0. The minimum absolute atomic E-state index is 0.0825. The van der Waals surface area contributed by atoms with Crippen LogP contribution in [0.25, 0.3) is 0 Å². The van der Waals surface area contributed by atoms with Gasteiger partial charge in [-0.1, -0.05) is 6.92 Å². The Morgan fingerprint density at radius 1 is 1.44 bits per heavy atom. The molecule has 1 aliphatic carbocycles. The summed E-state index contributed by atoms with van der Waals surface area (Å²) in [5.41, 5.74) is 6.99. The van der Waals surface area contributed by atoms with Gasteiger partial charge in [0.1, 0.15) is 0 Å². The predicted octanol–water partition coefficient (Wildman–Crippen LogP) is 2.00. The third-order valence-electron chi connectivity index (χ3n) is 3.29. The maximum atomic E-state index is 12.0. The van der Waals surface area contributed by atoms with Crippen molar-refractivity contribution in [1.82, 2.24) is 4.90 Å². The molecule has 1 fully saturated rings. The number of nitrogens with zero attached hydrogens (tertiary/aromatic N) is 1. The molecule has 2 N–H and O–H groups in total. The van der Waals surface area contributed by atoms with Crippen molar-refractivity contribution in [1.29, 1.82) is 0 Å². The Morgan fingerprint density at radius 2 is 2.00 bits per heavy atom. The van der Waals surface area contributed by atoms with Gasteiger partial charge in [-0.05, 0) is 42.5 Å². The molecule has 1 amide bonds. The normalized spacial score (nSPS) is 22.9. The van der Waals surface area contributed by atoms with Crippen LogP contribution in [0.1, 0.15) is 23.7 Å². The summed E-state index contributed by atoms with van der Waals surface area (Å²) >= 11 is 0. The second-order valence-electron chi connectivity index (χ2n) is 4.78. The number of carbonyl (C=O) groups excluding carboxylic acids is 1. The first-order valence-electron chi connectivity index (χ1n) is 5.69. The molecule has 0 bridgehead atoms. The minimum atomic E-state index is 0.0825. The van der Waals surface area contributed by atoms with E-state index in [1.165, 1.54) is 6.42 Å². The summed E-state index contributed by atoms with van der Waals surface area (Å²) in [6, 6.07) is 7.09. The fourth-order valence-corrected chi connectivity index (χ4v) is 1.93. The van der Waals surface area contributed by atoms with Crippen molar-refractivity contribution in [2.75, 3.05) is 19.3 Å². The molecule has 16 heavy (non-hydrogen) atoms. The van der Waals surface area contributed by atoms with Gasteiger partial charge in [0, 0.05) is 24.8 Å². The van der Waals surface area contributed by atoms with Crippen LogP contribution in [0.3, 0.4) is 0 Å². The van der Waals surface area contributed by atoms with Crippen LogP contribution in [0.4, 0.5) is 5.69 Å². The highest BCUT2D eigenvalue weighted by Gasteiger charge is 2.34. The number of rotatable bonds is 3. The molecule has 0 spiro atoms. The Morgan fingerprint density at radius 3 is 2.50 bits per heavy atom. The number of nitrogen functional groups attached to an aromatic ring is 1. The van der Waals surface area contributed by atoms with Crippen LogP contribution in [0, 0.1) is 11.8 Å². The average molecular weight is 218 g/mol. The molecule has 0 aromatic heterocycles. The summed E-state index contributed by atoms with van der Waals surface area (Å²) in [4.78, 5) is 13.8. The second-order valence-corrected chi connectivity index (χ2v) is 4.78. The van der Waals surface area contributed by atoms with Gasteiger partial charge in [0.15, 0.2) is 0 Å². The largest absolute Gasteiger partial charge is 0.399 e. The highest BCUT2D eigenvalue weighted by Crippen LogP contribution is 2.38. The van der Waals surface area contributed by atoms with Gasteiger partial charge in [0.2, 0.25) is 0 Å². The van der Waals surface area contributed by atoms with E-state index in [1.54, 1.807) is 29.2 Å². The number of nitrogens with two attached hydrogens (primary N) is 1. The van der Waals surface area contributed by atoms with Crippen LogP contribution in [0.15, 0.2) is 24.3 Å². The van der Waals surface area contributed by atoms with Crippen molar-refractivity contribution in [2.45, 2.75) is 13.3 Å². The van der Waals surface area contributed by atoms with Crippen LogP contribution in [-0.2, 0) is 0 Å². The summed E-state index contributed by atoms with van der Waals surface area (Å²) in [7, 11) is 1.86. The second kappa shape index (κ2) is 4.16. The van der Waals surface area contributed by atoms with Crippen molar-refractivity contribution in [3.8, 4) is 0 Å². The van der Waals surface area contributed by atoms with E-state index in [1.807, 2.05) is 7.05 Å². The molecule has 0 heterocycles. The molecule has 0 radical (unpaired) electrons. The van der Waals surface area contributed by atoms with E-state index in [0.717, 1.165) is 12.5 Å². The molecule has 1 aromatic rings. The number of carbonyl (C=O) groups is 1. The molecule has 1 aliphatic rings. The molecule has 2 rings (SSSR count). The standard InChI is InChI=1S/C13H18N2O/c1-9-7-11(9)8-15(2)13(16)10-3-5-12(14)6-4-10/h3-6,9,11H,7-8,14H2,1-2H3. The minimum Gasteiger partial charge on any atom is -0.399 e. The molecule has 1 saturated carbocycles. The van der Waals surface area contributed by atoms with Crippen molar-refractivity contribution in [3.05, 3.63) is 29.8 Å². The third-order valence-corrected chi connectivity index (χ3v) is 3.29. The molecule has 3 heteroatoms. The molecule has 2 unspecified atom stereocenters. The van der Waals surface area contributed by atoms with Crippen LogP contribution in [0.5, 0.6) is 0 Å². The van der Waals surface area contributed by atoms with Gasteiger partial charge in [0.05, 0.1) is 0 Å². The smallest absolute Gasteiger partial charge is 0.253 e. The molecular weight excluding hydrogens is 200 g/mol. The van der Waals surface area contributed by atoms with E-state index in [2.05, 4.69) is 6.92 Å². The van der Waals surface area contributed by atoms with Crippen LogP contribution >= 0.6 is 0 Å². The Kier molecular flexibility index (Phi) is 2.86. The monoisotopic (exact) mass is 218 g/mol. The number of amides is 1. The molecule has 3 nitrogen and oxygen atoms in total. The topological polar surface area (TPSA) is 46.3 Å². The van der Waals surface area contributed by atoms with Gasteiger partial charge in [-0.25, -0.2) is 0 Å². The van der Waals surface area contributed by atoms with Gasteiger partial charge in [0.25, 0.3) is 5.91 Å². The SMILES string of the molecule is CC1CC1CN(C)C(=O)c1ccc(N)cc1. The third kappa shape index (κ3) is 2.35. The van der Waals surface area contributed by atoms with Crippen molar-refractivity contribution >= 4 is 11.6 Å². The Labute approximate surface area is 96.2 Å². The van der Waals surface area contributed by atoms with Gasteiger partial charge >= 0.3 is 0 Å². The van der Waals surface area contributed by atoms with E-state index in [-0.39, 0.29) is 5.91 Å². The lowest BCUT2D eigenvalue weighted by Gasteiger charge is -2.17. The van der Waals surface area contributed by atoms with E-state index in [0.29, 0.717) is 17.2 Å². The van der Waals surface area contributed by atoms with E-state index in [4.69, 9.17) is 5.73 Å². The highest BCUT2D eigenvalue weighted by molar-refractivity contribution is 5.94. The van der Waals surface area contributed by atoms with Gasteiger partial charge in [-0.15, -0.1) is 0 Å². The zero-order valence-corrected chi connectivity index (χ0v) is 9.81. The first-order valence-corrected chi connectivity index (χ1v) is 5.69. The molecular formula is C13H18N2O. The van der Waals surface area contributed by atoms with Gasteiger partial charge in [-0.3, -0.25) is 4.79 Å². The lowest BCUT2D eigenvalue weighted by molar-refractivity contribution is 0.0787. The lowest BCUT2D eigenvalue weighted by atomic mass is 10.2. The fraction of sp³-hybridized carbons (Fsp3) is 0.462. The summed E-state index contributed by atoms with van der Waals surface area (Å²) < 4.78 is 0. The number of benzene rings is 1. The van der Waals surface area contributed by atoms with Crippen LogP contribution in [0.2, 0.25) is 0 Å². The van der Waals surface area contributed by atoms with Crippen molar-refractivity contribution < 1.29 is 4.79 Å². The Balaban J connectivity index is 1.98. The predicted molar refractivity (Wildman–Crippen MR) is 65.1 cm³/mol. The van der Waals surface area contributed by atoms with Gasteiger partial charge in [-0.2, -0.15) is 0 Å².